The predicted octanol–water partition coefficient (Wildman–Crippen LogP) is 2.86. The first-order valence-electron chi connectivity index (χ1n) is 6.37. The lowest BCUT2D eigenvalue weighted by molar-refractivity contribution is 0.0694. The van der Waals surface area contributed by atoms with Crippen LogP contribution in [0.25, 0.3) is 0 Å². The van der Waals surface area contributed by atoms with E-state index >= 15 is 0 Å². The van der Waals surface area contributed by atoms with E-state index in [0.29, 0.717) is 22.7 Å². The second-order valence-corrected chi connectivity index (χ2v) is 4.37. The molecule has 0 saturated heterocycles. The number of aromatic hydroxyl groups is 1. The van der Waals surface area contributed by atoms with Gasteiger partial charge in [0.25, 0.3) is 0 Å². The third kappa shape index (κ3) is 3.35. The number of hydrogen-bond acceptors (Lipinski definition) is 5. The molecule has 0 spiro atoms. The summed E-state index contributed by atoms with van der Waals surface area (Å²) in [4.78, 5) is 15.2. The van der Waals surface area contributed by atoms with Crippen molar-refractivity contribution in [3.63, 3.8) is 0 Å². The molecule has 2 rings (SSSR count). The van der Waals surface area contributed by atoms with Crippen LogP contribution in [0.1, 0.15) is 15.9 Å². The minimum Gasteiger partial charge on any atom is -0.507 e. The summed E-state index contributed by atoms with van der Waals surface area (Å²) in [5, 5.41) is 18.4. The van der Waals surface area contributed by atoms with Crippen LogP contribution in [0.5, 0.6) is 17.2 Å². The summed E-state index contributed by atoms with van der Waals surface area (Å²) in [6.07, 6.45) is 1.55. The molecule has 2 N–H and O–H groups in total. The average Bonchev–Trinajstić information content (AvgIpc) is 2.53. The number of aliphatic imine (C=N–C) groups is 1. The van der Waals surface area contributed by atoms with E-state index in [1.807, 2.05) is 0 Å². The lowest BCUT2D eigenvalue weighted by Crippen LogP contribution is -1.96. The number of hydrogen-bond donors (Lipinski definition) is 2. The number of nitrogens with zero attached hydrogens (tertiary/aromatic N) is 1. The van der Waals surface area contributed by atoms with Gasteiger partial charge in [-0.3, -0.25) is 4.99 Å². The van der Waals surface area contributed by atoms with Gasteiger partial charge >= 0.3 is 5.97 Å². The van der Waals surface area contributed by atoms with Crippen molar-refractivity contribution >= 4 is 17.9 Å². The van der Waals surface area contributed by atoms with Crippen molar-refractivity contribution in [3.8, 4) is 17.2 Å². The summed E-state index contributed by atoms with van der Waals surface area (Å²) in [6, 6.07) is 9.38. The first-order chi connectivity index (χ1) is 10.5. The molecule has 2 aromatic carbocycles. The number of aromatic carboxylic acids is 1. The van der Waals surface area contributed by atoms with E-state index in [4.69, 9.17) is 14.6 Å². The van der Waals surface area contributed by atoms with Gasteiger partial charge in [0.1, 0.15) is 22.8 Å². The van der Waals surface area contributed by atoms with E-state index in [9.17, 15) is 9.90 Å². The van der Waals surface area contributed by atoms with Crippen molar-refractivity contribution in [1.82, 2.24) is 0 Å². The molecule has 114 valence electrons. The number of methoxy groups -OCH3 is 2. The Labute approximate surface area is 127 Å². The molecule has 0 aliphatic carbocycles. The van der Waals surface area contributed by atoms with Crippen LogP contribution in [0, 0.1) is 0 Å². The molecule has 0 fully saturated rings. The van der Waals surface area contributed by atoms with Crippen LogP contribution in [0.3, 0.4) is 0 Å². The average molecular weight is 301 g/mol. The number of phenols is 1. The van der Waals surface area contributed by atoms with Crippen LogP contribution >= 0.6 is 0 Å². The van der Waals surface area contributed by atoms with Crippen LogP contribution < -0.4 is 9.47 Å². The quantitative estimate of drug-likeness (QED) is 0.829. The molecule has 0 amide bonds. The van der Waals surface area contributed by atoms with Gasteiger partial charge in [-0.2, -0.15) is 0 Å². The van der Waals surface area contributed by atoms with E-state index < -0.39 is 5.97 Å². The number of carboxylic acids is 1. The summed E-state index contributed by atoms with van der Waals surface area (Å²) in [7, 11) is 3.10. The third-order valence-corrected chi connectivity index (χ3v) is 3.00. The Kier molecular flexibility index (Phi) is 4.63. The Morgan fingerprint density at radius 3 is 2.55 bits per heavy atom. The van der Waals surface area contributed by atoms with Gasteiger partial charge in [0, 0.05) is 17.8 Å². The molecule has 2 aromatic rings. The molecule has 0 unspecified atom stereocenters. The zero-order valence-electron chi connectivity index (χ0n) is 12.1. The Morgan fingerprint density at radius 2 is 1.91 bits per heavy atom. The molecule has 0 atom stereocenters. The van der Waals surface area contributed by atoms with Gasteiger partial charge in [0.2, 0.25) is 0 Å². The molecule has 0 aromatic heterocycles. The fourth-order valence-corrected chi connectivity index (χ4v) is 1.84. The van der Waals surface area contributed by atoms with E-state index in [0.717, 1.165) is 0 Å². The minimum atomic E-state index is -1.21. The Hall–Kier alpha value is -3.02. The largest absolute Gasteiger partial charge is 0.507 e. The van der Waals surface area contributed by atoms with Gasteiger partial charge in [-0.05, 0) is 30.3 Å². The van der Waals surface area contributed by atoms with Crippen molar-refractivity contribution in [2.45, 2.75) is 0 Å². The highest BCUT2D eigenvalue weighted by Crippen LogP contribution is 2.26. The second-order valence-electron chi connectivity index (χ2n) is 4.37. The molecule has 0 aliphatic heterocycles. The zero-order valence-corrected chi connectivity index (χ0v) is 12.1. The maximum atomic E-state index is 11.0. The summed E-state index contributed by atoms with van der Waals surface area (Å²) >= 11 is 0. The van der Waals surface area contributed by atoms with Crippen LogP contribution in [-0.2, 0) is 0 Å². The number of carboxylic acid groups (broad SMARTS) is 1. The third-order valence-electron chi connectivity index (χ3n) is 3.00. The molecule has 0 saturated carbocycles. The Bertz CT molecular complexity index is 724. The van der Waals surface area contributed by atoms with Crippen LogP contribution in [0.2, 0.25) is 0 Å². The van der Waals surface area contributed by atoms with Gasteiger partial charge in [-0.15, -0.1) is 0 Å². The lowest BCUT2D eigenvalue weighted by Gasteiger charge is -2.07. The standard InChI is InChI=1S/C16H15NO5/c1-21-12-5-3-10(15(8-12)22-2)9-17-11-4-6-14(18)13(7-11)16(19)20/h3-9,18H,1-2H3,(H,19,20). The molecule has 6 nitrogen and oxygen atoms in total. The van der Waals surface area contributed by atoms with Crippen molar-refractivity contribution in [2.75, 3.05) is 14.2 Å². The van der Waals surface area contributed by atoms with E-state index in [1.165, 1.54) is 25.3 Å². The van der Waals surface area contributed by atoms with Crippen LogP contribution in [0.15, 0.2) is 41.4 Å². The fourth-order valence-electron chi connectivity index (χ4n) is 1.84. The molecule has 22 heavy (non-hydrogen) atoms. The maximum Gasteiger partial charge on any atom is 0.339 e. The SMILES string of the molecule is COc1ccc(C=Nc2ccc(O)c(C(=O)O)c2)c(OC)c1. The van der Waals surface area contributed by atoms with Gasteiger partial charge in [0.05, 0.1) is 19.9 Å². The van der Waals surface area contributed by atoms with Crippen LogP contribution in [0.4, 0.5) is 5.69 Å². The van der Waals surface area contributed by atoms with E-state index in [-0.39, 0.29) is 11.3 Å². The molecule has 0 radical (unpaired) electrons. The molecule has 6 heteroatoms. The molecular formula is C16H15NO5. The maximum absolute atomic E-state index is 11.0. The first kappa shape index (κ1) is 15.4. The van der Waals surface area contributed by atoms with E-state index in [2.05, 4.69) is 4.99 Å². The number of carbonyl (C=O) groups is 1. The highest BCUT2D eigenvalue weighted by atomic mass is 16.5. The molecule has 0 heterocycles. The monoisotopic (exact) mass is 301 g/mol. The van der Waals surface area contributed by atoms with Gasteiger partial charge in [0.15, 0.2) is 0 Å². The molecular weight excluding hydrogens is 286 g/mol. The van der Waals surface area contributed by atoms with Crippen molar-refractivity contribution in [1.29, 1.82) is 0 Å². The summed E-state index contributed by atoms with van der Waals surface area (Å²) in [5.41, 5.74) is 0.928. The van der Waals surface area contributed by atoms with Crippen molar-refractivity contribution in [3.05, 3.63) is 47.5 Å². The number of rotatable bonds is 5. The highest BCUT2D eigenvalue weighted by Gasteiger charge is 2.09. The Morgan fingerprint density at radius 1 is 1.14 bits per heavy atom. The smallest absolute Gasteiger partial charge is 0.339 e. The van der Waals surface area contributed by atoms with Gasteiger partial charge in [-0.1, -0.05) is 0 Å². The second kappa shape index (κ2) is 6.62. The van der Waals surface area contributed by atoms with E-state index in [1.54, 1.807) is 31.5 Å². The summed E-state index contributed by atoms with van der Waals surface area (Å²) < 4.78 is 10.4. The summed E-state index contributed by atoms with van der Waals surface area (Å²) in [6.45, 7) is 0. The normalized spacial score (nSPS) is 10.6. The highest BCUT2D eigenvalue weighted by molar-refractivity contribution is 5.92. The predicted molar refractivity (Wildman–Crippen MR) is 81.9 cm³/mol. The Balaban J connectivity index is 2.32. The number of ether oxygens (including phenoxy) is 2. The molecule has 0 aliphatic rings. The minimum absolute atomic E-state index is 0.198. The lowest BCUT2D eigenvalue weighted by atomic mass is 10.1. The van der Waals surface area contributed by atoms with Crippen molar-refractivity contribution < 1.29 is 24.5 Å². The number of benzene rings is 2. The van der Waals surface area contributed by atoms with Gasteiger partial charge in [-0.25, -0.2) is 4.79 Å². The topological polar surface area (TPSA) is 88.4 Å². The van der Waals surface area contributed by atoms with Crippen molar-refractivity contribution in [2.24, 2.45) is 4.99 Å². The van der Waals surface area contributed by atoms with Gasteiger partial charge < -0.3 is 19.7 Å². The van der Waals surface area contributed by atoms with Crippen LogP contribution in [-0.4, -0.2) is 36.6 Å². The molecule has 0 bridgehead atoms. The summed E-state index contributed by atoms with van der Waals surface area (Å²) in [5.74, 6) is -0.266. The fraction of sp³-hybridized carbons (Fsp3) is 0.125. The zero-order chi connectivity index (χ0) is 16.1. The first-order valence-corrected chi connectivity index (χ1v) is 6.37.